The normalized spacial score (nSPS) is 19.4. The Morgan fingerprint density at radius 3 is 2.60 bits per heavy atom. The van der Waals surface area contributed by atoms with Crippen molar-refractivity contribution in [1.82, 2.24) is 0 Å². The molecule has 1 aromatic carbocycles. The Hall–Kier alpha value is -2.35. The SMILES string of the molecule is COc1ccc(CC(CCC#N)(/C2=C/CCCCCC2)[N+](=O)[O-])cc1. The first-order valence-corrected chi connectivity index (χ1v) is 8.96. The van der Waals surface area contributed by atoms with Gasteiger partial charge in [-0.2, -0.15) is 5.26 Å². The van der Waals surface area contributed by atoms with Crippen LogP contribution < -0.4 is 4.74 Å². The Morgan fingerprint density at radius 1 is 1.24 bits per heavy atom. The van der Waals surface area contributed by atoms with Crippen LogP contribution >= 0.6 is 0 Å². The van der Waals surface area contributed by atoms with Crippen LogP contribution in [0.4, 0.5) is 0 Å². The van der Waals surface area contributed by atoms with Gasteiger partial charge in [0, 0.05) is 29.8 Å². The van der Waals surface area contributed by atoms with E-state index < -0.39 is 5.54 Å². The maximum Gasteiger partial charge on any atom is 0.248 e. The molecule has 1 aromatic rings. The summed E-state index contributed by atoms with van der Waals surface area (Å²) in [6.07, 6.45) is 8.85. The number of benzene rings is 1. The molecule has 25 heavy (non-hydrogen) atoms. The molecule has 0 saturated heterocycles. The number of allylic oxidation sites excluding steroid dienone is 1. The van der Waals surface area contributed by atoms with Gasteiger partial charge in [-0.25, -0.2) is 0 Å². The van der Waals surface area contributed by atoms with Crippen LogP contribution in [-0.2, 0) is 6.42 Å². The molecule has 0 aliphatic heterocycles. The van der Waals surface area contributed by atoms with E-state index in [2.05, 4.69) is 12.1 Å². The minimum absolute atomic E-state index is 0.151. The van der Waals surface area contributed by atoms with Crippen LogP contribution in [0.25, 0.3) is 0 Å². The first kappa shape index (κ1) is 19.0. The van der Waals surface area contributed by atoms with E-state index in [9.17, 15) is 10.1 Å². The summed E-state index contributed by atoms with van der Waals surface area (Å²) in [5, 5.41) is 21.2. The predicted octanol–water partition coefficient (Wildman–Crippen LogP) is 4.84. The highest BCUT2D eigenvalue weighted by Gasteiger charge is 2.45. The maximum atomic E-state index is 12.2. The van der Waals surface area contributed by atoms with E-state index in [0.717, 1.165) is 49.0 Å². The molecule has 0 amide bonds. The van der Waals surface area contributed by atoms with Gasteiger partial charge in [-0.05, 0) is 43.4 Å². The molecule has 0 bridgehead atoms. The lowest BCUT2D eigenvalue weighted by atomic mass is 9.77. The summed E-state index contributed by atoms with van der Waals surface area (Å²) in [5.74, 6) is 0.734. The molecule has 1 aliphatic carbocycles. The minimum atomic E-state index is -1.18. The highest BCUT2D eigenvalue weighted by molar-refractivity contribution is 5.31. The summed E-state index contributed by atoms with van der Waals surface area (Å²) in [6.45, 7) is 0. The van der Waals surface area contributed by atoms with Crippen molar-refractivity contribution in [1.29, 1.82) is 5.26 Å². The average molecular weight is 342 g/mol. The van der Waals surface area contributed by atoms with Crippen LogP contribution in [0.5, 0.6) is 5.75 Å². The van der Waals surface area contributed by atoms with Gasteiger partial charge >= 0.3 is 0 Å². The van der Waals surface area contributed by atoms with Gasteiger partial charge in [0.25, 0.3) is 0 Å². The largest absolute Gasteiger partial charge is 0.497 e. The van der Waals surface area contributed by atoms with Crippen molar-refractivity contribution in [2.45, 2.75) is 63.3 Å². The number of nitro groups is 1. The molecular formula is C20H26N2O3. The smallest absolute Gasteiger partial charge is 0.248 e. The van der Waals surface area contributed by atoms with Crippen molar-refractivity contribution in [2.24, 2.45) is 0 Å². The van der Waals surface area contributed by atoms with Crippen LogP contribution in [0.1, 0.15) is 56.9 Å². The lowest BCUT2D eigenvalue weighted by molar-refractivity contribution is -0.559. The van der Waals surface area contributed by atoms with E-state index in [-0.39, 0.29) is 17.8 Å². The van der Waals surface area contributed by atoms with Crippen LogP contribution in [0.2, 0.25) is 0 Å². The Bertz CT molecular complexity index is 646. The number of hydrogen-bond donors (Lipinski definition) is 0. The van der Waals surface area contributed by atoms with E-state index in [1.54, 1.807) is 7.11 Å². The van der Waals surface area contributed by atoms with Crippen LogP contribution in [0.15, 0.2) is 35.9 Å². The van der Waals surface area contributed by atoms with Gasteiger partial charge in [0.2, 0.25) is 5.54 Å². The molecule has 0 aromatic heterocycles. The van der Waals surface area contributed by atoms with Gasteiger partial charge in [0.05, 0.1) is 13.2 Å². The zero-order chi connectivity index (χ0) is 18.1. The van der Waals surface area contributed by atoms with Crippen molar-refractivity contribution in [2.75, 3.05) is 7.11 Å². The van der Waals surface area contributed by atoms with Gasteiger partial charge < -0.3 is 4.74 Å². The van der Waals surface area contributed by atoms with Gasteiger partial charge in [-0.15, -0.1) is 0 Å². The second kappa shape index (κ2) is 9.22. The molecule has 0 radical (unpaired) electrons. The Labute approximate surface area is 149 Å². The molecule has 1 aliphatic rings. The zero-order valence-electron chi connectivity index (χ0n) is 14.9. The van der Waals surface area contributed by atoms with E-state index in [1.165, 1.54) is 6.42 Å². The standard InChI is InChI=1S/C20H26N2O3/c1-25-19-12-10-17(11-13-19)16-20(22(23)24,14-7-15-21)18-8-5-3-2-4-6-9-18/h8,10-13H,2-7,9,14,16H2,1H3/b18-8+. The summed E-state index contributed by atoms with van der Waals surface area (Å²) in [7, 11) is 1.60. The first-order chi connectivity index (χ1) is 12.1. The highest BCUT2D eigenvalue weighted by Crippen LogP contribution is 2.36. The molecule has 0 heterocycles. The van der Waals surface area contributed by atoms with Crippen molar-refractivity contribution < 1.29 is 9.66 Å². The van der Waals surface area contributed by atoms with E-state index in [0.29, 0.717) is 6.42 Å². The second-order valence-corrected chi connectivity index (χ2v) is 6.65. The number of nitrogens with zero attached hydrogens (tertiary/aromatic N) is 2. The molecule has 1 unspecified atom stereocenters. The molecule has 134 valence electrons. The van der Waals surface area contributed by atoms with Gasteiger partial charge in [-0.1, -0.05) is 31.1 Å². The third kappa shape index (κ3) is 4.82. The number of methoxy groups -OCH3 is 1. The molecular weight excluding hydrogens is 316 g/mol. The van der Waals surface area contributed by atoms with Crippen LogP contribution in [0.3, 0.4) is 0 Å². The second-order valence-electron chi connectivity index (χ2n) is 6.65. The molecule has 2 rings (SSSR count). The van der Waals surface area contributed by atoms with Crippen molar-refractivity contribution in [3.05, 3.63) is 51.6 Å². The summed E-state index contributed by atoms with van der Waals surface area (Å²) < 4.78 is 5.17. The minimum Gasteiger partial charge on any atom is -0.497 e. The summed E-state index contributed by atoms with van der Waals surface area (Å²) >= 11 is 0. The Balaban J connectivity index is 2.38. The molecule has 1 atom stereocenters. The van der Waals surface area contributed by atoms with Crippen molar-refractivity contribution in [3.8, 4) is 11.8 Å². The number of ether oxygens (including phenoxy) is 1. The molecule has 0 fully saturated rings. The zero-order valence-corrected chi connectivity index (χ0v) is 14.9. The topological polar surface area (TPSA) is 76.2 Å². The fraction of sp³-hybridized carbons (Fsp3) is 0.550. The summed E-state index contributed by atoms with van der Waals surface area (Å²) in [6, 6.07) is 9.52. The van der Waals surface area contributed by atoms with Crippen LogP contribution in [0, 0.1) is 21.4 Å². The highest BCUT2D eigenvalue weighted by atomic mass is 16.6. The average Bonchev–Trinajstić information content (AvgIpc) is 2.59. The van der Waals surface area contributed by atoms with Gasteiger partial charge in [0.1, 0.15) is 5.75 Å². The molecule has 0 saturated carbocycles. The molecule has 0 N–H and O–H groups in total. The number of rotatable bonds is 7. The van der Waals surface area contributed by atoms with E-state index in [1.807, 2.05) is 24.3 Å². The quantitative estimate of drug-likeness (QED) is 0.404. The Morgan fingerprint density at radius 2 is 1.96 bits per heavy atom. The number of hydrogen-bond acceptors (Lipinski definition) is 4. The molecule has 5 heteroatoms. The number of nitriles is 1. The first-order valence-electron chi connectivity index (χ1n) is 8.96. The molecule has 0 spiro atoms. The molecule has 5 nitrogen and oxygen atoms in total. The fourth-order valence-corrected chi connectivity index (χ4v) is 3.59. The third-order valence-electron chi connectivity index (χ3n) is 5.04. The maximum absolute atomic E-state index is 12.2. The van der Waals surface area contributed by atoms with Crippen molar-refractivity contribution in [3.63, 3.8) is 0 Å². The third-order valence-corrected chi connectivity index (χ3v) is 5.04. The lowest BCUT2D eigenvalue weighted by Crippen LogP contribution is -2.43. The lowest BCUT2D eigenvalue weighted by Gasteiger charge is -2.29. The van der Waals surface area contributed by atoms with Gasteiger partial charge in [0.15, 0.2) is 0 Å². The van der Waals surface area contributed by atoms with E-state index >= 15 is 0 Å². The fourth-order valence-electron chi connectivity index (χ4n) is 3.59. The van der Waals surface area contributed by atoms with Crippen molar-refractivity contribution >= 4 is 0 Å². The monoisotopic (exact) mass is 342 g/mol. The van der Waals surface area contributed by atoms with Crippen LogP contribution in [-0.4, -0.2) is 17.6 Å². The Kier molecular flexibility index (Phi) is 7.00. The predicted molar refractivity (Wildman–Crippen MR) is 97.1 cm³/mol. The summed E-state index contributed by atoms with van der Waals surface area (Å²) in [4.78, 5) is 12.0. The summed E-state index contributed by atoms with van der Waals surface area (Å²) in [5.41, 5.74) is 0.628. The van der Waals surface area contributed by atoms with E-state index in [4.69, 9.17) is 10.00 Å². The van der Waals surface area contributed by atoms with Gasteiger partial charge in [-0.3, -0.25) is 10.1 Å².